The van der Waals surface area contributed by atoms with Crippen LogP contribution in [0.3, 0.4) is 0 Å². The van der Waals surface area contributed by atoms with Gasteiger partial charge in [-0.1, -0.05) is 15.9 Å². The van der Waals surface area contributed by atoms with E-state index >= 15 is 0 Å². The zero-order chi connectivity index (χ0) is 22.0. The fourth-order valence-corrected chi connectivity index (χ4v) is 3.68. The lowest BCUT2D eigenvalue weighted by Gasteiger charge is -2.14. The van der Waals surface area contributed by atoms with E-state index in [1.807, 2.05) is 29.0 Å². The summed E-state index contributed by atoms with van der Waals surface area (Å²) in [5.41, 5.74) is 1.99. The zero-order valence-electron chi connectivity index (χ0n) is 16.0. The molecule has 8 heteroatoms. The molecule has 0 bridgehead atoms. The molecule has 4 rings (SSSR count). The van der Waals surface area contributed by atoms with Crippen LogP contribution in [0.5, 0.6) is 11.5 Å². The maximum atomic E-state index is 13.9. The highest BCUT2D eigenvalue weighted by atomic mass is 79.9. The molecule has 0 amide bonds. The number of rotatable bonds is 6. The van der Waals surface area contributed by atoms with Gasteiger partial charge in [-0.05, 0) is 54.6 Å². The Labute approximate surface area is 184 Å². The minimum absolute atomic E-state index is 0.0386. The van der Waals surface area contributed by atoms with Crippen molar-refractivity contribution in [3.63, 3.8) is 0 Å². The van der Waals surface area contributed by atoms with Gasteiger partial charge in [0.2, 0.25) is 0 Å². The third kappa shape index (κ3) is 4.86. The van der Waals surface area contributed by atoms with Gasteiger partial charge < -0.3 is 19.1 Å². The first-order valence-corrected chi connectivity index (χ1v) is 10.0. The van der Waals surface area contributed by atoms with Gasteiger partial charge in [0.25, 0.3) is 0 Å². The number of carbonyl (C=O) groups is 1. The minimum atomic E-state index is -1.37. The number of nitrogens with zero attached hydrogens (tertiary/aromatic N) is 1. The molecular formula is C23H16BrF2NO4. The molecule has 4 aromatic rings. The summed E-state index contributed by atoms with van der Waals surface area (Å²) in [6, 6.07) is 15.8. The van der Waals surface area contributed by atoms with Crippen molar-refractivity contribution >= 4 is 33.0 Å². The molecule has 0 spiro atoms. The SMILES string of the molecule is O=C(O)Oc1ccc2c(ccn2Cc2cc(Br)ccc2OCc2ccc(F)cc2F)c1. The van der Waals surface area contributed by atoms with Crippen LogP contribution in [-0.2, 0) is 13.2 Å². The molecule has 1 heterocycles. The van der Waals surface area contributed by atoms with Gasteiger partial charge in [0.1, 0.15) is 29.7 Å². The summed E-state index contributed by atoms with van der Waals surface area (Å²) >= 11 is 3.46. The van der Waals surface area contributed by atoms with E-state index in [1.165, 1.54) is 12.1 Å². The maximum absolute atomic E-state index is 13.9. The van der Waals surface area contributed by atoms with E-state index in [-0.39, 0.29) is 17.9 Å². The van der Waals surface area contributed by atoms with Crippen LogP contribution in [0.4, 0.5) is 13.6 Å². The molecule has 158 valence electrons. The van der Waals surface area contributed by atoms with Crippen LogP contribution in [-0.4, -0.2) is 15.8 Å². The second kappa shape index (κ2) is 8.77. The van der Waals surface area contributed by atoms with Gasteiger partial charge in [-0.3, -0.25) is 0 Å². The van der Waals surface area contributed by atoms with Crippen molar-refractivity contribution in [3.8, 4) is 11.5 Å². The highest BCUT2D eigenvalue weighted by molar-refractivity contribution is 9.10. The van der Waals surface area contributed by atoms with Crippen LogP contribution >= 0.6 is 15.9 Å². The Hall–Kier alpha value is -3.39. The third-order valence-electron chi connectivity index (χ3n) is 4.71. The first kappa shape index (κ1) is 20.9. The molecule has 3 aromatic carbocycles. The molecule has 0 atom stereocenters. The Morgan fingerprint density at radius 1 is 1.00 bits per heavy atom. The summed E-state index contributed by atoms with van der Waals surface area (Å²) < 4.78 is 40.4. The van der Waals surface area contributed by atoms with Gasteiger partial charge in [-0.25, -0.2) is 13.6 Å². The summed E-state index contributed by atoms with van der Waals surface area (Å²) in [7, 11) is 0. The van der Waals surface area contributed by atoms with Crippen LogP contribution in [0.1, 0.15) is 11.1 Å². The Kier molecular flexibility index (Phi) is 5.90. The molecule has 31 heavy (non-hydrogen) atoms. The Bertz CT molecular complexity index is 1270. The Balaban J connectivity index is 1.58. The summed E-state index contributed by atoms with van der Waals surface area (Å²) in [4.78, 5) is 10.7. The normalized spacial score (nSPS) is 10.9. The fourth-order valence-electron chi connectivity index (χ4n) is 3.27. The molecule has 1 aromatic heterocycles. The van der Waals surface area contributed by atoms with E-state index in [0.29, 0.717) is 12.3 Å². The van der Waals surface area contributed by atoms with Crippen molar-refractivity contribution < 1.29 is 28.2 Å². The van der Waals surface area contributed by atoms with Crippen molar-refractivity contribution in [3.05, 3.63) is 94.1 Å². The van der Waals surface area contributed by atoms with E-state index in [4.69, 9.17) is 14.6 Å². The van der Waals surface area contributed by atoms with Crippen molar-refractivity contribution in [2.75, 3.05) is 0 Å². The smallest absolute Gasteiger partial charge is 0.488 e. The van der Waals surface area contributed by atoms with Gasteiger partial charge in [-0.2, -0.15) is 0 Å². The van der Waals surface area contributed by atoms with E-state index in [2.05, 4.69) is 15.9 Å². The average molecular weight is 488 g/mol. The van der Waals surface area contributed by atoms with Crippen molar-refractivity contribution in [2.24, 2.45) is 0 Å². The van der Waals surface area contributed by atoms with Gasteiger partial charge >= 0.3 is 6.16 Å². The average Bonchev–Trinajstić information content (AvgIpc) is 3.10. The van der Waals surface area contributed by atoms with E-state index in [9.17, 15) is 13.6 Å². The molecule has 5 nitrogen and oxygen atoms in total. The standard InChI is InChI=1S/C23H16BrF2NO4/c24-17-2-6-22(30-13-15-1-3-18(25)11-20(15)26)16(9-17)12-27-8-7-14-10-19(31-23(28)29)4-5-21(14)27/h1-11H,12-13H2,(H,28,29). The first-order chi connectivity index (χ1) is 14.9. The van der Waals surface area contributed by atoms with Crippen molar-refractivity contribution in [2.45, 2.75) is 13.2 Å². The topological polar surface area (TPSA) is 60.7 Å². The number of benzene rings is 3. The zero-order valence-corrected chi connectivity index (χ0v) is 17.6. The van der Waals surface area contributed by atoms with Gasteiger partial charge in [0, 0.05) is 38.8 Å². The lowest BCUT2D eigenvalue weighted by Crippen LogP contribution is -2.05. The molecule has 0 radical (unpaired) electrons. The fraction of sp³-hybridized carbons (Fsp3) is 0.0870. The predicted octanol–water partition coefficient (Wildman–Crippen LogP) is 6.37. The number of halogens is 3. The quantitative estimate of drug-likeness (QED) is 0.253. The highest BCUT2D eigenvalue weighted by Gasteiger charge is 2.11. The van der Waals surface area contributed by atoms with E-state index in [1.54, 1.807) is 24.3 Å². The number of aromatic nitrogens is 1. The molecule has 0 aliphatic rings. The van der Waals surface area contributed by atoms with Crippen LogP contribution in [0.25, 0.3) is 10.9 Å². The number of fused-ring (bicyclic) bond motifs is 1. The molecule has 1 N–H and O–H groups in total. The Morgan fingerprint density at radius 2 is 1.84 bits per heavy atom. The summed E-state index contributed by atoms with van der Waals surface area (Å²) in [5, 5.41) is 9.60. The largest absolute Gasteiger partial charge is 0.511 e. The van der Waals surface area contributed by atoms with Gasteiger partial charge in [-0.15, -0.1) is 0 Å². The molecule has 0 aliphatic heterocycles. The predicted molar refractivity (Wildman–Crippen MR) is 115 cm³/mol. The lowest BCUT2D eigenvalue weighted by molar-refractivity contribution is 0.144. The van der Waals surface area contributed by atoms with E-state index in [0.717, 1.165) is 27.0 Å². The van der Waals surface area contributed by atoms with Gasteiger partial charge in [0.15, 0.2) is 0 Å². The van der Waals surface area contributed by atoms with Crippen LogP contribution in [0.15, 0.2) is 71.3 Å². The van der Waals surface area contributed by atoms with Crippen molar-refractivity contribution in [1.29, 1.82) is 0 Å². The number of ether oxygens (including phenoxy) is 2. The van der Waals surface area contributed by atoms with Gasteiger partial charge in [0.05, 0.1) is 6.54 Å². The second-order valence-corrected chi connectivity index (χ2v) is 7.72. The molecule has 0 unspecified atom stereocenters. The maximum Gasteiger partial charge on any atom is 0.511 e. The molecular weight excluding hydrogens is 472 g/mol. The number of hydrogen-bond donors (Lipinski definition) is 1. The summed E-state index contributed by atoms with van der Waals surface area (Å²) in [6.07, 6.45) is 0.506. The monoisotopic (exact) mass is 487 g/mol. The highest BCUT2D eigenvalue weighted by Crippen LogP contribution is 2.28. The molecule has 0 saturated heterocycles. The third-order valence-corrected chi connectivity index (χ3v) is 5.20. The van der Waals surface area contributed by atoms with Crippen LogP contribution in [0.2, 0.25) is 0 Å². The van der Waals surface area contributed by atoms with Crippen LogP contribution in [0, 0.1) is 11.6 Å². The summed E-state index contributed by atoms with van der Waals surface area (Å²) in [6.45, 7) is 0.423. The second-order valence-electron chi connectivity index (χ2n) is 6.81. The first-order valence-electron chi connectivity index (χ1n) is 9.24. The van der Waals surface area contributed by atoms with E-state index < -0.39 is 17.8 Å². The number of hydrogen-bond acceptors (Lipinski definition) is 3. The molecule has 0 fully saturated rings. The lowest BCUT2D eigenvalue weighted by atomic mass is 10.2. The Morgan fingerprint density at radius 3 is 2.61 bits per heavy atom. The molecule has 0 saturated carbocycles. The van der Waals surface area contributed by atoms with Crippen molar-refractivity contribution in [1.82, 2.24) is 4.57 Å². The van der Waals surface area contributed by atoms with Crippen LogP contribution < -0.4 is 9.47 Å². The minimum Gasteiger partial charge on any atom is -0.488 e. The summed E-state index contributed by atoms with van der Waals surface area (Å²) in [5.74, 6) is -0.485. The molecule has 0 aliphatic carbocycles. The number of carboxylic acid groups (broad SMARTS) is 1.